The molecule has 1 aliphatic heterocycles. The Morgan fingerprint density at radius 2 is 2.00 bits per heavy atom. The molecule has 0 saturated carbocycles. The number of benzene rings is 1. The quantitative estimate of drug-likeness (QED) is 0.549. The summed E-state index contributed by atoms with van der Waals surface area (Å²) >= 11 is 0. The van der Waals surface area contributed by atoms with Crippen molar-refractivity contribution in [3.63, 3.8) is 0 Å². The fourth-order valence-electron chi connectivity index (χ4n) is 4.08. The standard InChI is InChI=1S/C23H25N5O3/c1-13-3-6-19(16-4-5-18-15(10-16)7-8-25-21(18)29)28(12-13)23(31)22(30)27-17-9-14(2)20(24)26-11-17/h4-5,7-11,13,19H,3,6,12H2,1-2H3,(H2,24,26)(H,25,29)(H,27,30). The van der Waals surface area contributed by atoms with E-state index in [1.807, 2.05) is 18.2 Å². The molecule has 0 radical (unpaired) electrons. The second kappa shape index (κ2) is 8.22. The smallest absolute Gasteiger partial charge is 0.313 e. The third kappa shape index (κ3) is 4.14. The van der Waals surface area contributed by atoms with Gasteiger partial charge in [-0.15, -0.1) is 0 Å². The van der Waals surface area contributed by atoms with Gasteiger partial charge in [-0.25, -0.2) is 9.97 Å². The van der Waals surface area contributed by atoms with Crippen LogP contribution in [0.5, 0.6) is 5.88 Å². The van der Waals surface area contributed by atoms with Crippen LogP contribution < -0.4 is 11.1 Å². The molecule has 1 aliphatic rings. The predicted molar refractivity (Wildman–Crippen MR) is 118 cm³/mol. The molecular formula is C23H25N5O3. The van der Waals surface area contributed by atoms with Crippen LogP contribution in [0.15, 0.2) is 42.7 Å². The van der Waals surface area contributed by atoms with Crippen molar-refractivity contribution in [1.82, 2.24) is 14.9 Å². The van der Waals surface area contributed by atoms with E-state index in [1.54, 1.807) is 30.2 Å². The van der Waals surface area contributed by atoms with Gasteiger partial charge in [0, 0.05) is 18.1 Å². The van der Waals surface area contributed by atoms with E-state index < -0.39 is 11.8 Å². The Balaban J connectivity index is 1.60. The van der Waals surface area contributed by atoms with E-state index >= 15 is 0 Å². The minimum Gasteiger partial charge on any atom is -0.493 e. The molecule has 1 aromatic carbocycles. The number of fused-ring (bicyclic) bond motifs is 1. The molecular weight excluding hydrogens is 394 g/mol. The van der Waals surface area contributed by atoms with Gasteiger partial charge in [-0.1, -0.05) is 13.0 Å². The molecule has 1 saturated heterocycles. The number of rotatable bonds is 2. The first kappa shape index (κ1) is 20.6. The summed E-state index contributed by atoms with van der Waals surface area (Å²) in [6.07, 6.45) is 4.69. The van der Waals surface area contributed by atoms with Crippen LogP contribution >= 0.6 is 0 Å². The number of aromatic hydroxyl groups is 1. The topological polar surface area (TPSA) is 121 Å². The number of carbonyl (C=O) groups excluding carboxylic acids is 2. The molecule has 8 heteroatoms. The average molecular weight is 419 g/mol. The van der Waals surface area contributed by atoms with E-state index in [2.05, 4.69) is 22.2 Å². The van der Waals surface area contributed by atoms with Crippen LogP contribution in [0, 0.1) is 12.8 Å². The van der Waals surface area contributed by atoms with Crippen LogP contribution in [0.3, 0.4) is 0 Å². The summed E-state index contributed by atoms with van der Waals surface area (Å²) in [6.45, 7) is 4.36. The van der Waals surface area contributed by atoms with Crippen molar-refractivity contribution in [1.29, 1.82) is 0 Å². The molecule has 3 heterocycles. The molecule has 3 aromatic rings. The number of nitrogens with zero attached hydrogens (tertiary/aromatic N) is 3. The number of nitrogens with two attached hydrogens (primary N) is 1. The van der Waals surface area contributed by atoms with Crippen molar-refractivity contribution >= 4 is 34.1 Å². The van der Waals surface area contributed by atoms with Gasteiger partial charge in [0.05, 0.1) is 17.9 Å². The summed E-state index contributed by atoms with van der Waals surface area (Å²) in [5, 5.41) is 14.1. The average Bonchev–Trinajstić information content (AvgIpc) is 2.75. The summed E-state index contributed by atoms with van der Waals surface area (Å²) in [5.74, 6) is -0.633. The molecule has 31 heavy (non-hydrogen) atoms. The SMILES string of the molecule is Cc1cc(NC(=O)C(=O)N2CC(C)CCC2c2ccc3c(O)nccc3c2)cnc1N. The molecule has 2 unspecified atom stereocenters. The molecule has 4 rings (SSSR count). The molecule has 1 fully saturated rings. The Labute approximate surface area is 180 Å². The van der Waals surface area contributed by atoms with Gasteiger partial charge >= 0.3 is 11.8 Å². The summed E-state index contributed by atoms with van der Waals surface area (Å²) in [6, 6.07) is 8.92. The second-order valence-corrected chi connectivity index (χ2v) is 8.15. The zero-order chi connectivity index (χ0) is 22.1. The molecule has 2 aromatic heterocycles. The number of hydrogen-bond acceptors (Lipinski definition) is 6. The van der Waals surface area contributed by atoms with E-state index in [4.69, 9.17) is 5.73 Å². The molecule has 0 bridgehead atoms. The number of anilines is 2. The van der Waals surface area contributed by atoms with Gasteiger partial charge in [0.25, 0.3) is 0 Å². The first-order valence-corrected chi connectivity index (χ1v) is 10.2. The lowest BCUT2D eigenvalue weighted by molar-refractivity contribution is -0.146. The number of hydrogen-bond donors (Lipinski definition) is 3. The van der Waals surface area contributed by atoms with E-state index in [0.717, 1.165) is 29.4 Å². The lowest BCUT2D eigenvalue weighted by Crippen LogP contribution is -2.46. The van der Waals surface area contributed by atoms with Gasteiger partial charge in [-0.2, -0.15) is 0 Å². The highest BCUT2D eigenvalue weighted by Gasteiger charge is 2.34. The number of nitrogen functional groups attached to an aromatic ring is 1. The van der Waals surface area contributed by atoms with Gasteiger partial charge in [0.2, 0.25) is 5.88 Å². The van der Waals surface area contributed by atoms with Gasteiger partial charge in [0.15, 0.2) is 0 Å². The maximum Gasteiger partial charge on any atom is 0.313 e. The third-order valence-corrected chi connectivity index (χ3v) is 5.80. The lowest BCUT2D eigenvalue weighted by atomic mass is 9.89. The Morgan fingerprint density at radius 1 is 1.19 bits per heavy atom. The lowest BCUT2D eigenvalue weighted by Gasteiger charge is -2.38. The molecule has 0 aliphatic carbocycles. The first-order valence-electron chi connectivity index (χ1n) is 10.2. The Kier molecular flexibility index (Phi) is 5.46. The number of likely N-dealkylation sites (tertiary alicyclic amines) is 1. The molecule has 0 spiro atoms. The van der Waals surface area contributed by atoms with Crippen LogP contribution in [-0.4, -0.2) is 38.3 Å². The fraction of sp³-hybridized carbons (Fsp3) is 0.304. The summed E-state index contributed by atoms with van der Waals surface area (Å²) in [7, 11) is 0. The largest absolute Gasteiger partial charge is 0.493 e. The normalized spacial score (nSPS) is 18.7. The molecule has 2 amide bonds. The minimum atomic E-state index is -0.701. The first-order chi connectivity index (χ1) is 14.8. The fourth-order valence-corrected chi connectivity index (χ4v) is 4.08. The zero-order valence-corrected chi connectivity index (χ0v) is 17.5. The Morgan fingerprint density at radius 3 is 2.77 bits per heavy atom. The van der Waals surface area contributed by atoms with Crippen molar-refractivity contribution in [2.24, 2.45) is 5.92 Å². The number of pyridine rings is 2. The monoisotopic (exact) mass is 419 g/mol. The molecule has 2 atom stereocenters. The second-order valence-electron chi connectivity index (χ2n) is 8.15. The zero-order valence-electron chi connectivity index (χ0n) is 17.5. The van der Waals surface area contributed by atoms with E-state index in [9.17, 15) is 14.7 Å². The number of nitrogens with one attached hydrogen (secondary N) is 1. The minimum absolute atomic E-state index is 0.0268. The third-order valence-electron chi connectivity index (χ3n) is 5.80. The predicted octanol–water partition coefficient (Wildman–Crippen LogP) is 3.16. The van der Waals surface area contributed by atoms with Crippen molar-refractivity contribution in [3.8, 4) is 5.88 Å². The summed E-state index contributed by atoms with van der Waals surface area (Å²) in [5.41, 5.74) is 7.81. The molecule has 8 nitrogen and oxygen atoms in total. The van der Waals surface area contributed by atoms with Gasteiger partial charge in [-0.05, 0) is 66.5 Å². The summed E-state index contributed by atoms with van der Waals surface area (Å²) < 4.78 is 0. The van der Waals surface area contributed by atoms with Gasteiger partial charge in [-0.3, -0.25) is 9.59 Å². The van der Waals surface area contributed by atoms with E-state index in [-0.39, 0.29) is 11.9 Å². The van der Waals surface area contributed by atoms with Crippen LogP contribution in [0.2, 0.25) is 0 Å². The number of piperidine rings is 1. The van der Waals surface area contributed by atoms with Crippen molar-refractivity contribution < 1.29 is 14.7 Å². The van der Waals surface area contributed by atoms with Crippen LogP contribution in [0.1, 0.15) is 36.9 Å². The van der Waals surface area contributed by atoms with Gasteiger partial charge < -0.3 is 21.1 Å². The summed E-state index contributed by atoms with van der Waals surface area (Å²) in [4.78, 5) is 35.4. The maximum atomic E-state index is 13.1. The Hall–Kier alpha value is -3.68. The van der Waals surface area contributed by atoms with E-state index in [0.29, 0.717) is 29.4 Å². The number of aromatic nitrogens is 2. The van der Waals surface area contributed by atoms with Crippen LogP contribution in [-0.2, 0) is 9.59 Å². The van der Waals surface area contributed by atoms with Crippen molar-refractivity contribution in [2.75, 3.05) is 17.6 Å². The van der Waals surface area contributed by atoms with Crippen LogP contribution in [0.4, 0.5) is 11.5 Å². The van der Waals surface area contributed by atoms with Crippen LogP contribution in [0.25, 0.3) is 10.8 Å². The molecule has 160 valence electrons. The number of carbonyl (C=O) groups is 2. The highest BCUT2D eigenvalue weighted by atomic mass is 16.3. The van der Waals surface area contributed by atoms with Crippen molar-refractivity contribution in [2.45, 2.75) is 32.7 Å². The van der Waals surface area contributed by atoms with E-state index in [1.165, 1.54) is 6.20 Å². The highest BCUT2D eigenvalue weighted by molar-refractivity contribution is 6.39. The molecule has 4 N–H and O–H groups in total. The number of aryl methyl sites for hydroxylation is 1. The van der Waals surface area contributed by atoms with Gasteiger partial charge in [0.1, 0.15) is 5.82 Å². The Bertz CT molecular complexity index is 1160. The van der Waals surface area contributed by atoms with Crippen molar-refractivity contribution in [3.05, 3.63) is 53.9 Å². The number of amides is 2. The maximum absolute atomic E-state index is 13.1. The highest BCUT2D eigenvalue weighted by Crippen LogP contribution is 2.35.